The van der Waals surface area contributed by atoms with Crippen molar-refractivity contribution in [3.63, 3.8) is 0 Å². The van der Waals surface area contributed by atoms with Crippen LogP contribution in [0.25, 0.3) is 6.08 Å². The van der Waals surface area contributed by atoms with Gasteiger partial charge in [0.2, 0.25) is 4.73 Å². The van der Waals surface area contributed by atoms with E-state index in [2.05, 4.69) is 37.9 Å². The Labute approximate surface area is 95.7 Å². The highest BCUT2D eigenvalue weighted by molar-refractivity contribution is 9.10. The first-order valence-corrected chi connectivity index (χ1v) is 5.22. The lowest BCUT2D eigenvalue weighted by Gasteiger charge is -1.99. The van der Waals surface area contributed by atoms with Crippen molar-refractivity contribution in [2.24, 2.45) is 0 Å². The van der Waals surface area contributed by atoms with E-state index in [-0.39, 0.29) is 0 Å². The van der Waals surface area contributed by atoms with E-state index < -0.39 is 0 Å². The third kappa shape index (κ3) is 2.50. The first kappa shape index (κ1) is 10.0. The Morgan fingerprint density at radius 3 is 2.60 bits per heavy atom. The standard InChI is InChI=1S/C10H9BrN4/c1-2-8-3-5-9(6-4-8)7-15-13-10(11)12-14-15/h2-6H,1,7H2. The van der Waals surface area contributed by atoms with Crippen molar-refractivity contribution in [1.82, 2.24) is 20.2 Å². The maximum absolute atomic E-state index is 4.04. The van der Waals surface area contributed by atoms with Gasteiger partial charge in [-0.2, -0.15) is 4.80 Å². The molecule has 0 spiro atoms. The van der Waals surface area contributed by atoms with Crippen molar-refractivity contribution in [3.05, 3.63) is 46.7 Å². The van der Waals surface area contributed by atoms with E-state index in [1.165, 1.54) is 4.80 Å². The van der Waals surface area contributed by atoms with Crippen LogP contribution in [-0.2, 0) is 6.54 Å². The summed E-state index contributed by atoms with van der Waals surface area (Å²) in [6.45, 7) is 4.32. The molecular weight excluding hydrogens is 256 g/mol. The number of hydrogen-bond donors (Lipinski definition) is 0. The van der Waals surface area contributed by atoms with Crippen LogP contribution in [0.3, 0.4) is 0 Å². The molecule has 5 heteroatoms. The number of aromatic nitrogens is 4. The maximum atomic E-state index is 4.04. The number of halogens is 1. The Kier molecular flexibility index (Phi) is 2.91. The fourth-order valence-corrected chi connectivity index (χ4v) is 1.47. The molecule has 2 aromatic rings. The van der Waals surface area contributed by atoms with E-state index >= 15 is 0 Å². The van der Waals surface area contributed by atoms with E-state index in [0.29, 0.717) is 11.3 Å². The number of hydrogen-bond acceptors (Lipinski definition) is 3. The zero-order valence-electron chi connectivity index (χ0n) is 7.97. The van der Waals surface area contributed by atoms with Crippen LogP contribution >= 0.6 is 15.9 Å². The minimum absolute atomic E-state index is 0.505. The predicted octanol–water partition coefficient (Wildman–Crippen LogP) is 2.13. The van der Waals surface area contributed by atoms with Crippen LogP contribution in [0.4, 0.5) is 0 Å². The second kappa shape index (κ2) is 4.35. The first-order valence-electron chi connectivity index (χ1n) is 4.42. The summed E-state index contributed by atoms with van der Waals surface area (Å²) >= 11 is 3.15. The Hall–Kier alpha value is -1.49. The second-order valence-corrected chi connectivity index (χ2v) is 3.74. The van der Waals surface area contributed by atoms with Crippen LogP contribution in [0.5, 0.6) is 0 Å². The molecule has 0 aliphatic heterocycles. The average Bonchev–Trinajstić information content (AvgIpc) is 2.65. The summed E-state index contributed by atoms with van der Waals surface area (Å²) < 4.78 is 0.505. The molecule has 0 saturated carbocycles. The summed E-state index contributed by atoms with van der Waals surface area (Å²) in [6.07, 6.45) is 1.81. The van der Waals surface area contributed by atoms with Gasteiger partial charge < -0.3 is 0 Å². The monoisotopic (exact) mass is 264 g/mol. The number of rotatable bonds is 3. The smallest absolute Gasteiger partial charge is 0.159 e. The molecule has 0 amide bonds. The van der Waals surface area contributed by atoms with Crippen LogP contribution in [0.1, 0.15) is 11.1 Å². The molecule has 0 N–H and O–H groups in total. The Morgan fingerprint density at radius 1 is 1.33 bits per heavy atom. The van der Waals surface area contributed by atoms with Gasteiger partial charge in [0.25, 0.3) is 0 Å². The van der Waals surface area contributed by atoms with Crippen molar-refractivity contribution < 1.29 is 0 Å². The normalized spacial score (nSPS) is 10.2. The van der Waals surface area contributed by atoms with Gasteiger partial charge in [0.15, 0.2) is 0 Å². The van der Waals surface area contributed by atoms with E-state index in [9.17, 15) is 0 Å². The molecule has 4 nitrogen and oxygen atoms in total. The highest BCUT2D eigenvalue weighted by Gasteiger charge is 1.99. The largest absolute Gasteiger partial charge is 0.239 e. The third-order valence-electron chi connectivity index (χ3n) is 1.97. The minimum atomic E-state index is 0.505. The summed E-state index contributed by atoms with van der Waals surface area (Å²) in [5.74, 6) is 0. The van der Waals surface area contributed by atoms with Gasteiger partial charge >= 0.3 is 0 Å². The van der Waals surface area contributed by atoms with Gasteiger partial charge in [-0.05, 0) is 32.3 Å². The molecule has 0 fully saturated rings. The van der Waals surface area contributed by atoms with E-state index in [4.69, 9.17) is 0 Å². The highest BCUT2D eigenvalue weighted by atomic mass is 79.9. The molecule has 0 bridgehead atoms. The fraction of sp³-hybridized carbons (Fsp3) is 0.100. The zero-order chi connectivity index (χ0) is 10.7. The lowest BCUT2D eigenvalue weighted by Crippen LogP contribution is -2.03. The number of nitrogens with zero attached hydrogens (tertiary/aromatic N) is 4. The minimum Gasteiger partial charge on any atom is -0.159 e. The van der Waals surface area contributed by atoms with Crippen molar-refractivity contribution in [2.45, 2.75) is 6.54 Å². The molecule has 0 aliphatic carbocycles. The van der Waals surface area contributed by atoms with Crippen LogP contribution in [0.15, 0.2) is 35.6 Å². The molecule has 1 heterocycles. The van der Waals surface area contributed by atoms with Crippen molar-refractivity contribution in [2.75, 3.05) is 0 Å². The second-order valence-electron chi connectivity index (χ2n) is 3.03. The molecule has 0 unspecified atom stereocenters. The lowest BCUT2D eigenvalue weighted by molar-refractivity contribution is 0.571. The molecule has 1 aromatic heterocycles. The van der Waals surface area contributed by atoms with Gasteiger partial charge in [-0.25, -0.2) is 0 Å². The molecule has 15 heavy (non-hydrogen) atoms. The Morgan fingerprint density at radius 2 is 2.07 bits per heavy atom. The van der Waals surface area contributed by atoms with Crippen LogP contribution in [0, 0.1) is 0 Å². The lowest BCUT2D eigenvalue weighted by atomic mass is 10.1. The van der Waals surface area contributed by atoms with Gasteiger partial charge in [-0.15, -0.1) is 10.2 Å². The van der Waals surface area contributed by atoms with Crippen molar-refractivity contribution in [3.8, 4) is 0 Å². The molecule has 1 aromatic carbocycles. The Balaban J connectivity index is 2.14. The van der Waals surface area contributed by atoms with E-state index in [1.54, 1.807) is 0 Å². The summed E-state index contributed by atoms with van der Waals surface area (Å²) in [4.78, 5) is 1.53. The number of benzene rings is 1. The molecule has 0 radical (unpaired) electrons. The quantitative estimate of drug-likeness (QED) is 0.853. The molecular formula is C10H9BrN4. The fourth-order valence-electron chi connectivity index (χ4n) is 1.21. The van der Waals surface area contributed by atoms with Crippen LogP contribution in [-0.4, -0.2) is 20.2 Å². The maximum Gasteiger partial charge on any atom is 0.239 e. The Bertz CT molecular complexity index is 461. The third-order valence-corrected chi connectivity index (χ3v) is 2.29. The SMILES string of the molecule is C=Cc1ccc(Cn2nnc(Br)n2)cc1. The summed E-state index contributed by atoms with van der Waals surface area (Å²) in [5, 5.41) is 11.6. The van der Waals surface area contributed by atoms with E-state index in [1.807, 2.05) is 30.3 Å². The van der Waals surface area contributed by atoms with Crippen molar-refractivity contribution in [1.29, 1.82) is 0 Å². The summed E-state index contributed by atoms with van der Waals surface area (Å²) in [7, 11) is 0. The van der Waals surface area contributed by atoms with Crippen molar-refractivity contribution >= 4 is 22.0 Å². The molecule has 0 atom stereocenters. The molecule has 2 rings (SSSR count). The summed E-state index contributed by atoms with van der Waals surface area (Å²) in [5.41, 5.74) is 2.23. The molecule has 0 aliphatic rings. The van der Waals surface area contributed by atoms with E-state index in [0.717, 1.165) is 11.1 Å². The average molecular weight is 265 g/mol. The predicted molar refractivity (Wildman–Crippen MR) is 61.2 cm³/mol. The highest BCUT2D eigenvalue weighted by Crippen LogP contribution is 2.06. The molecule has 76 valence electrons. The summed E-state index contributed by atoms with van der Waals surface area (Å²) in [6, 6.07) is 8.06. The molecule has 0 saturated heterocycles. The van der Waals surface area contributed by atoms with Gasteiger partial charge in [0.05, 0.1) is 6.54 Å². The van der Waals surface area contributed by atoms with Gasteiger partial charge in [0, 0.05) is 0 Å². The topological polar surface area (TPSA) is 43.6 Å². The zero-order valence-corrected chi connectivity index (χ0v) is 9.55. The van der Waals surface area contributed by atoms with Gasteiger partial charge in [-0.1, -0.05) is 36.9 Å². The van der Waals surface area contributed by atoms with Crippen LogP contribution in [0.2, 0.25) is 0 Å². The van der Waals surface area contributed by atoms with Gasteiger partial charge in [-0.3, -0.25) is 0 Å². The first-order chi connectivity index (χ1) is 7.28. The van der Waals surface area contributed by atoms with Gasteiger partial charge in [0.1, 0.15) is 0 Å². The van der Waals surface area contributed by atoms with Crippen LogP contribution < -0.4 is 0 Å². The number of tetrazole rings is 1.